The zero-order chi connectivity index (χ0) is 9.85. The molecule has 0 aromatic carbocycles. The van der Waals surface area contributed by atoms with Gasteiger partial charge in [0.15, 0.2) is 0 Å². The van der Waals surface area contributed by atoms with E-state index in [0.29, 0.717) is 5.92 Å². The quantitative estimate of drug-likeness (QED) is 0.680. The van der Waals surface area contributed by atoms with Crippen LogP contribution in [0, 0.1) is 10.8 Å². The van der Waals surface area contributed by atoms with E-state index in [-0.39, 0.29) is 16.4 Å². The van der Waals surface area contributed by atoms with Crippen LogP contribution < -0.4 is 5.56 Å². The van der Waals surface area contributed by atoms with Gasteiger partial charge >= 0.3 is 0 Å². The second-order valence-corrected chi connectivity index (χ2v) is 5.09. The van der Waals surface area contributed by atoms with E-state index < -0.39 is 0 Å². The summed E-state index contributed by atoms with van der Waals surface area (Å²) < 4.78 is 0. The average Bonchev–Trinajstić information content (AvgIpc) is 2.32. The molecule has 0 bridgehead atoms. The number of rotatable bonds is 1. The Hall–Kier alpha value is -0.990. The van der Waals surface area contributed by atoms with Crippen LogP contribution in [0.25, 0.3) is 0 Å². The van der Waals surface area contributed by atoms with Crippen molar-refractivity contribution >= 4 is 0 Å². The lowest BCUT2D eigenvalue weighted by molar-refractivity contribution is 0.457. The van der Waals surface area contributed by atoms with Crippen molar-refractivity contribution in [2.75, 3.05) is 0 Å². The minimum absolute atomic E-state index is 0.0338. The van der Waals surface area contributed by atoms with E-state index in [1.807, 2.05) is 0 Å². The van der Waals surface area contributed by atoms with Crippen LogP contribution in [0.4, 0.5) is 0 Å². The topological polar surface area (TPSA) is 48.6 Å². The molecule has 0 saturated heterocycles. The Kier molecular flexibility index (Phi) is 1.38. The van der Waals surface area contributed by atoms with Crippen LogP contribution in [-0.4, -0.2) is 10.2 Å². The second kappa shape index (κ2) is 2.08. The molecule has 2 N–H and O–H groups in total. The lowest BCUT2D eigenvalue weighted by Gasteiger charge is -2.03. The maximum atomic E-state index is 11.0. The second-order valence-electron chi connectivity index (χ2n) is 5.09. The van der Waals surface area contributed by atoms with Crippen LogP contribution in [0.1, 0.15) is 39.3 Å². The molecule has 3 nitrogen and oxygen atoms in total. The highest BCUT2D eigenvalue weighted by molar-refractivity contribution is 5.29. The number of H-pyrrole nitrogens is 2. The lowest BCUT2D eigenvalue weighted by atomic mass is 10.0. The van der Waals surface area contributed by atoms with Gasteiger partial charge in [-0.1, -0.05) is 27.7 Å². The van der Waals surface area contributed by atoms with Gasteiger partial charge in [0.25, 0.3) is 5.56 Å². The first kappa shape index (κ1) is 8.60. The molecule has 1 aromatic rings. The molecule has 0 atom stereocenters. The van der Waals surface area contributed by atoms with Gasteiger partial charge in [-0.2, -0.15) is 0 Å². The maximum absolute atomic E-state index is 11.0. The van der Waals surface area contributed by atoms with E-state index in [2.05, 4.69) is 37.9 Å². The van der Waals surface area contributed by atoms with Gasteiger partial charge in [-0.3, -0.25) is 9.89 Å². The highest BCUT2D eigenvalue weighted by atomic mass is 16.1. The average molecular weight is 180 g/mol. The largest absolute Gasteiger partial charge is 0.302 e. The van der Waals surface area contributed by atoms with Crippen molar-refractivity contribution in [3.8, 4) is 0 Å². The normalized spacial score (nSPS) is 24.6. The summed E-state index contributed by atoms with van der Waals surface area (Å²) in [5.74, 6) is 0.471. The van der Waals surface area contributed by atoms with Gasteiger partial charge in [-0.15, -0.1) is 0 Å². The molecule has 1 heterocycles. The van der Waals surface area contributed by atoms with Gasteiger partial charge in [0.05, 0.1) is 0 Å². The third kappa shape index (κ3) is 0.929. The molecule has 13 heavy (non-hydrogen) atoms. The summed E-state index contributed by atoms with van der Waals surface area (Å²) in [6.07, 6.45) is 0. The molecule has 1 aromatic heterocycles. The fraction of sp³-hybridized carbons (Fsp3) is 0.700. The zero-order valence-corrected chi connectivity index (χ0v) is 8.56. The number of aromatic nitrogens is 2. The predicted molar refractivity (Wildman–Crippen MR) is 51.7 cm³/mol. The van der Waals surface area contributed by atoms with Crippen LogP contribution in [-0.2, 0) is 0 Å². The Bertz CT molecular complexity index is 370. The van der Waals surface area contributed by atoms with Crippen molar-refractivity contribution in [3.63, 3.8) is 0 Å². The van der Waals surface area contributed by atoms with Crippen LogP contribution in [0.2, 0.25) is 0 Å². The molecule has 1 aliphatic rings. The number of hydrogen-bond acceptors (Lipinski definition) is 1. The van der Waals surface area contributed by atoms with Gasteiger partial charge in [0.2, 0.25) is 0 Å². The lowest BCUT2D eigenvalue weighted by Crippen LogP contribution is -1.95. The molecular weight excluding hydrogens is 164 g/mol. The number of nitrogens with one attached hydrogen (secondary N) is 2. The summed E-state index contributed by atoms with van der Waals surface area (Å²) in [5, 5.41) is 5.53. The summed E-state index contributed by atoms with van der Waals surface area (Å²) in [7, 11) is 0. The third-order valence-corrected chi connectivity index (χ3v) is 3.95. The highest BCUT2D eigenvalue weighted by Crippen LogP contribution is 2.73. The monoisotopic (exact) mass is 180 g/mol. The Morgan fingerprint density at radius 1 is 1.15 bits per heavy atom. The van der Waals surface area contributed by atoms with Gasteiger partial charge in [0, 0.05) is 17.7 Å². The number of aromatic amines is 2. The molecule has 0 amide bonds. The van der Waals surface area contributed by atoms with E-state index in [9.17, 15) is 4.79 Å². The molecule has 1 saturated carbocycles. The molecular formula is C10H16N2O. The molecule has 1 aliphatic carbocycles. The third-order valence-electron chi connectivity index (χ3n) is 3.95. The smallest absolute Gasteiger partial charge is 0.264 e. The van der Waals surface area contributed by atoms with Crippen LogP contribution in [0.15, 0.2) is 10.9 Å². The van der Waals surface area contributed by atoms with E-state index in [1.54, 1.807) is 6.07 Å². The first-order valence-electron chi connectivity index (χ1n) is 4.65. The zero-order valence-electron chi connectivity index (χ0n) is 8.56. The van der Waals surface area contributed by atoms with Gasteiger partial charge in [-0.05, 0) is 10.8 Å². The Morgan fingerprint density at radius 2 is 1.69 bits per heavy atom. The molecule has 0 spiro atoms. The molecule has 0 aliphatic heterocycles. The SMILES string of the molecule is CC1(C)C(c2cc(=O)[nH][nH]2)C1(C)C. The fourth-order valence-corrected chi connectivity index (χ4v) is 2.48. The summed E-state index contributed by atoms with van der Waals surface area (Å²) in [4.78, 5) is 11.0. The minimum atomic E-state index is -0.0338. The molecule has 1 fully saturated rings. The maximum Gasteiger partial charge on any atom is 0.264 e. The van der Waals surface area contributed by atoms with E-state index in [0.717, 1.165) is 5.69 Å². The highest BCUT2D eigenvalue weighted by Gasteiger charge is 2.65. The van der Waals surface area contributed by atoms with Gasteiger partial charge in [0.1, 0.15) is 0 Å². The minimum Gasteiger partial charge on any atom is -0.302 e. The Morgan fingerprint density at radius 3 is 2.00 bits per heavy atom. The molecule has 3 heteroatoms. The van der Waals surface area contributed by atoms with Crippen LogP contribution in [0.3, 0.4) is 0 Å². The molecule has 0 unspecified atom stereocenters. The first-order chi connectivity index (χ1) is 5.87. The molecule has 2 rings (SSSR count). The number of hydrogen-bond donors (Lipinski definition) is 2. The van der Waals surface area contributed by atoms with E-state index >= 15 is 0 Å². The van der Waals surface area contributed by atoms with Crippen molar-refractivity contribution in [1.82, 2.24) is 10.2 Å². The van der Waals surface area contributed by atoms with Crippen molar-refractivity contribution < 1.29 is 0 Å². The van der Waals surface area contributed by atoms with Crippen molar-refractivity contribution in [2.45, 2.75) is 33.6 Å². The van der Waals surface area contributed by atoms with E-state index in [1.165, 1.54) is 0 Å². The predicted octanol–water partition coefficient (Wildman–Crippen LogP) is 1.85. The fourth-order valence-electron chi connectivity index (χ4n) is 2.48. The first-order valence-corrected chi connectivity index (χ1v) is 4.65. The molecule has 72 valence electrons. The Labute approximate surface area is 77.5 Å². The Balaban J connectivity index is 2.37. The van der Waals surface area contributed by atoms with E-state index in [4.69, 9.17) is 0 Å². The van der Waals surface area contributed by atoms with Crippen LogP contribution >= 0.6 is 0 Å². The summed E-state index contributed by atoms with van der Waals surface area (Å²) in [5.41, 5.74) is 1.59. The summed E-state index contributed by atoms with van der Waals surface area (Å²) >= 11 is 0. The van der Waals surface area contributed by atoms with Crippen molar-refractivity contribution in [3.05, 3.63) is 22.1 Å². The summed E-state index contributed by atoms with van der Waals surface area (Å²) in [6.45, 7) is 8.96. The van der Waals surface area contributed by atoms with Gasteiger partial charge in [-0.25, -0.2) is 0 Å². The van der Waals surface area contributed by atoms with Crippen molar-refractivity contribution in [2.24, 2.45) is 10.8 Å². The summed E-state index contributed by atoms with van der Waals surface area (Å²) in [6, 6.07) is 1.67. The molecule has 0 radical (unpaired) electrons. The standard InChI is InChI=1S/C10H16N2O/c1-9(2)8(10(9,3)4)6-5-7(13)12-11-6/h5,8H,1-4H3,(H2,11,12,13). The van der Waals surface area contributed by atoms with Crippen molar-refractivity contribution in [1.29, 1.82) is 0 Å². The van der Waals surface area contributed by atoms with Crippen LogP contribution in [0.5, 0.6) is 0 Å². The van der Waals surface area contributed by atoms with Gasteiger partial charge < -0.3 is 5.10 Å².